The van der Waals surface area contributed by atoms with Crippen LogP contribution in [0.3, 0.4) is 0 Å². The van der Waals surface area contributed by atoms with Crippen molar-refractivity contribution < 1.29 is 4.79 Å². The highest BCUT2D eigenvalue weighted by atomic mass is 35.5. The third kappa shape index (κ3) is 3.27. The number of halogens is 2. The summed E-state index contributed by atoms with van der Waals surface area (Å²) < 4.78 is 1.27. The summed E-state index contributed by atoms with van der Waals surface area (Å²) in [6.07, 6.45) is 1.36. The van der Waals surface area contributed by atoms with Crippen LogP contribution in [0.5, 0.6) is 0 Å². The molecular formula is C17H13Cl2N3O2. The van der Waals surface area contributed by atoms with Gasteiger partial charge in [0, 0.05) is 22.8 Å². The van der Waals surface area contributed by atoms with Crippen LogP contribution in [-0.4, -0.2) is 22.5 Å². The fourth-order valence-corrected chi connectivity index (χ4v) is 2.68. The number of hydrogen-bond donors (Lipinski definition) is 0. The van der Waals surface area contributed by atoms with E-state index in [-0.39, 0.29) is 18.0 Å². The highest BCUT2D eigenvalue weighted by Crippen LogP contribution is 2.19. The van der Waals surface area contributed by atoms with Crippen LogP contribution < -0.4 is 10.5 Å². The summed E-state index contributed by atoms with van der Waals surface area (Å²) in [5.41, 5.74) is 0.879. The number of carbonyl (C=O) groups is 1. The van der Waals surface area contributed by atoms with Crippen molar-refractivity contribution in [2.75, 3.05) is 11.9 Å². The number of anilines is 1. The van der Waals surface area contributed by atoms with Gasteiger partial charge < -0.3 is 4.90 Å². The average molecular weight is 362 g/mol. The van der Waals surface area contributed by atoms with Gasteiger partial charge in [-0.2, -0.15) is 0 Å². The Hall–Kier alpha value is -2.37. The summed E-state index contributed by atoms with van der Waals surface area (Å²) in [6, 6.07) is 11.8. The molecule has 0 fully saturated rings. The summed E-state index contributed by atoms with van der Waals surface area (Å²) in [7, 11) is 1.63. The zero-order valence-electron chi connectivity index (χ0n) is 12.7. The number of rotatable bonds is 3. The van der Waals surface area contributed by atoms with E-state index >= 15 is 0 Å². The maximum absolute atomic E-state index is 12.5. The molecule has 122 valence electrons. The molecule has 0 atom stereocenters. The van der Waals surface area contributed by atoms with Crippen molar-refractivity contribution >= 4 is 45.7 Å². The maximum Gasteiger partial charge on any atom is 0.261 e. The monoisotopic (exact) mass is 361 g/mol. The van der Waals surface area contributed by atoms with Gasteiger partial charge in [-0.1, -0.05) is 29.3 Å². The van der Waals surface area contributed by atoms with Crippen molar-refractivity contribution in [2.24, 2.45) is 0 Å². The third-order valence-electron chi connectivity index (χ3n) is 3.66. The van der Waals surface area contributed by atoms with Gasteiger partial charge in [0.1, 0.15) is 6.54 Å². The lowest BCUT2D eigenvalue weighted by atomic mass is 10.2. The molecule has 3 rings (SSSR count). The van der Waals surface area contributed by atoms with Gasteiger partial charge in [-0.15, -0.1) is 0 Å². The van der Waals surface area contributed by atoms with Gasteiger partial charge in [0.15, 0.2) is 0 Å². The smallest absolute Gasteiger partial charge is 0.261 e. The summed E-state index contributed by atoms with van der Waals surface area (Å²) in [5, 5.41) is 1.36. The van der Waals surface area contributed by atoms with Gasteiger partial charge in [-0.3, -0.25) is 14.2 Å². The van der Waals surface area contributed by atoms with E-state index in [9.17, 15) is 9.59 Å². The Labute approximate surface area is 148 Å². The first kappa shape index (κ1) is 16.5. The third-order valence-corrected chi connectivity index (χ3v) is 4.13. The van der Waals surface area contributed by atoms with Crippen LogP contribution >= 0.6 is 23.2 Å². The van der Waals surface area contributed by atoms with Crippen LogP contribution in [0.15, 0.2) is 53.6 Å². The van der Waals surface area contributed by atoms with E-state index in [0.29, 0.717) is 26.6 Å². The molecule has 1 heterocycles. The molecule has 0 bridgehead atoms. The lowest BCUT2D eigenvalue weighted by Gasteiger charge is -2.18. The molecule has 0 aliphatic rings. The van der Waals surface area contributed by atoms with E-state index in [1.54, 1.807) is 49.5 Å². The SMILES string of the molecule is CN(C(=O)Cn1cnc2ccc(Cl)cc2c1=O)c1cccc(Cl)c1. The number of likely N-dealkylation sites (N-methyl/N-ethyl adjacent to an activating group) is 1. The lowest BCUT2D eigenvalue weighted by Crippen LogP contribution is -2.34. The van der Waals surface area contributed by atoms with Crippen molar-refractivity contribution in [1.82, 2.24) is 9.55 Å². The molecular weight excluding hydrogens is 349 g/mol. The zero-order valence-corrected chi connectivity index (χ0v) is 14.3. The topological polar surface area (TPSA) is 55.2 Å². The number of carbonyl (C=O) groups excluding carboxylic acids is 1. The first-order valence-electron chi connectivity index (χ1n) is 7.12. The Kier molecular flexibility index (Phi) is 4.55. The van der Waals surface area contributed by atoms with Crippen LogP contribution in [0.1, 0.15) is 0 Å². The molecule has 0 aliphatic carbocycles. The summed E-state index contributed by atoms with van der Waals surface area (Å²) in [5.74, 6) is -0.262. The first-order chi connectivity index (χ1) is 11.5. The molecule has 5 nitrogen and oxygen atoms in total. The Bertz CT molecular complexity index is 985. The van der Waals surface area contributed by atoms with Gasteiger partial charge in [0.05, 0.1) is 17.2 Å². The predicted molar refractivity (Wildman–Crippen MR) is 95.9 cm³/mol. The normalized spacial score (nSPS) is 10.8. The quantitative estimate of drug-likeness (QED) is 0.718. The van der Waals surface area contributed by atoms with Crippen molar-refractivity contribution in [3.05, 3.63) is 69.2 Å². The molecule has 7 heteroatoms. The van der Waals surface area contributed by atoms with Crippen LogP contribution in [0.2, 0.25) is 10.0 Å². The first-order valence-corrected chi connectivity index (χ1v) is 7.88. The molecule has 0 saturated heterocycles. The molecule has 24 heavy (non-hydrogen) atoms. The molecule has 1 amide bonds. The Morgan fingerprint density at radius 3 is 2.67 bits per heavy atom. The second-order valence-corrected chi connectivity index (χ2v) is 6.14. The fraction of sp³-hybridized carbons (Fsp3) is 0.118. The fourth-order valence-electron chi connectivity index (χ4n) is 2.32. The van der Waals surface area contributed by atoms with Crippen molar-refractivity contribution in [1.29, 1.82) is 0 Å². The van der Waals surface area contributed by atoms with Gasteiger partial charge in [-0.05, 0) is 36.4 Å². The van der Waals surface area contributed by atoms with E-state index in [1.165, 1.54) is 15.8 Å². The molecule has 0 unspecified atom stereocenters. The summed E-state index contributed by atoms with van der Waals surface area (Å²) in [6.45, 7) is -0.128. The number of aromatic nitrogens is 2. The molecule has 0 radical (unpaired) electrons. The van der Waals surface area contributed by atoms with E-state index < -0.39 is 0 Å². The zero-order chi connectivity index (χ0) is 17.3. The second-order valence-electron chi connectivity index (χ2n) is 5.27. The standard InChI is InChI=1S/C17H13Cl2N3O2/c1-21(13-4-2-3-11(18)7-13)16(23)9-22-10-20-15-6-5-12(19)8-14(15)17(22)24/h2-8,10H,9H2,1H3. The molecule has 2 aromatic carbocycles. The number of hydrogen-bond acceptors (Lipinski definition) is 3. The van der Waals surface area contributed by atoms with Crippen LogP contribution in [0.25, 0.3) is 10.9 Å². The van der Waals surface area contributed by atoms with Crippen molar-refractivity contribution in [3.8, 4) is 0 Å². The van der Waals surface area contributed by atoms with E-state index in [2.05, 4.69) is 4.98 Å². The van der Waals surface area contributed by atoms with Gasteiger partial charge >= 0.3 is 0 Å². The second kappa shape index (κ2) is 6.63. The van der Waals surface area contributed by atoms with Crippen LogP contribution in [0, 0.1) is 0 Å². The summed E-state index contributed by atoms with van der Waals surface area (Å²) in [4.78, 5) is 30.6. The summed E-state index contributed by atoms with van der Waals surface area (Å²) >= 11 is 11.9. The van der Waals surface area contributed by atoms with Gasteiger partial charge in [0.25, 0.3) is 5.56 Å². The minimum absolute atomic E-state index is 0.128. The number of benzene rings is 2. The molecule has 0 aliphatic heterocycles. The Morgan fingerprint density at radius 1 is 1.17 bits per heavy atom. The molecule has 0 N–H and O–H groups in total. The largest absolute Gasteiger partial charge is 0.314 e. The highest BCUT2D eigenvalue weighted by Gasteiger charge is 2.14. The molecule has 0 spiro atoms. The van der Waals surface area contributed by atoms with E-state index in [1.807, 2.05) is 0 Å². The number of fused-ring (bicyclic) bond motifs is 1. The van der Waals surface area contributed by atoms with Crippen LogP contribution in [0.4, 0.5) is 5.69 Å². The molecule has 1 aromatic heterocycles. The highest BCUT2D eigenvalue weighted by molar-refractivity contribution is 6.31. The van der Waals surface area contributed by atoms with Crippen molar-refractivity contribution in [2.45, 2.75) is 6.54 Å². The average Bonchev–Trinajstić information content (AvgIpc) is 2.57. The minimum atomic E-state index is -0.310. The van der Waals surface area contributed by atoms with Crippen molar-refractivity contribution in [3.63, 3.8) is 0 Å². The van der Waals surface area contributed by atoms with E-state index in [4.69, 9.17) is 23.2 Å². The van der Waals surface area contributed by atoms with E-state index in [0.717, 1.165) is 0 Å². The lowest BCUT2D eigenvalue weighted by molar-refractivity contribution is -0.118. The number of nitrogens with zero attached hydrogens (tertiary/aromatic N) is 3. The number of amides is 1. The Balaban J connectivity index is 1.90. The van der Waals surface area contributed by atoms with Gasteiger partial charge in [0.2, 0.25) is 5.91 Å². The Morgan fingerprint density at radius 2 is 1.92 bits per heavy atom. The van der Waals surface area contributed by atoms with Crippen LogP contribution in [-0.2, 0) is 11.3 Å². The molecule has 3 aromatic rings. The molecule has 0 saturated carbocycles. The van der Waals surface area contributed by atoms with Gasteiger partial charge in [-0.25, -0.2) is 4.98 Å². The minimum Gasteiger partial charge on any atom is -0.314 e. The predicted octanol–water partition coefficient (Wildman–Crippen LogP) is 3.37. The maximum atomic E-state index is 12.5.